The minimum Gasteiger partial charge on any atom is -0.480 e. The standard InChI is InChI=1S/C13H17NO3S/c1-2-10(13(16)17)14-12(15)9-4-3-5-11-8(9)6-7-18-11/h6-7,9-10H,2-5H2,1H3,(H,14,15)(H,16,17). The van der Waals surface area contributed by atoms with Crippen molar-refractivity contribution in [3.63, 3.8) is 0 Å². The van der Waals surface area contributed by atoms with Gasteiger partial charge in [-0.1, -0.05) is 6.92 Å². The van der Waals surface area contributed by atoms with Crippen LogP contribution in [-0.2, 0) is 16.0 Å². The summed E-state index contributed by atoms with van der Waals surface area (Å²) in [5.41, 5.74) is 1.09. The molecule has 0 saturated heterocycles. The molecular weight excluding hydrogens is 250 g/mol. The molecule has 5 heteroatoms. The predicted molar refractivity (Wildman–Crippen MR) is 69.9 cm³/mol. The molecule has 1 heterocycles. The van der Waals surface area contributed by atoms with Crippen LogP contribution in [0.5, 0.6) is 0 Å². The molecule has 0 aliphatic heterocycles. The van der Waals surface area contributed by atoms with Gasteiger partial charge in [-0.3, -0.25) is 4.79 Å². The van der Waals surface area contributed by atoms with Crippen LogP contribution in [0.2, 0.25) is 0 Å². The summed E-state index contributed by atoms with van der Waals surface area (Å²) in [6, 6.07) is 1.21. The van der Waals surface area contributed by atoms with Crippen molar-refractivity contribution in [3.8, 4) is 0 Å². The second-order valence-corrected chi connectivity index (χ2v) is 5.55. The van der Waals surface area contributed by atoms with Crippen molar-refractivity contribution in [3.05, 3.63) is 21.9 Å². The number of hydrogen-bond donors (Lipinski definition) is 2. The summed E-state index contributed by atoms with van der Waals surface area (Å²) < 4.78 is 0. The van der Waals surface area contributed by atoms with Crippen molar-refractivity contribution in [1.82, 2.24) is 5.32 Å². The Balaban J connectivity index is 2.09. The molecule has 18 heavy (non-hydrogen) atoms. The van der Waals surface area contributed by atoms with Gasteiger partial charge in [0.15, 0.2) is 0 Å². The lowest BCUT2D eigenvalue weighted by Crippen LogP contribution is -2.43. The van der Waals surface area contributed by atoms with Crippen LogP contribution in [0.25, 0.3) is 0 Å². The monoisotopic (exact) mass is 267 g/mol. The first-order valence-corrected chi connectivity index (χ1v) is 7.11. The van der Waals surface area contributed by atoms with E-state index in [9.17, 15) is 9.59 Å². The van der Waals surface area contributed by atoms with Gasteiger partial charge in [0.05, 0.1) is 5.92 Å². The van der Waals surface area contributed by atoms with Crippen LogP contribution < -0.4 is 5.32 Å². The Morgan fingerprint density at radius 1 is 1.61 bits per heavy atom. The van der Waals surface area contributed by atoms with Gasteiger partial charge in [-0.2, -0.15) is 0 Å². The summed E-state index contributed by atoms with van der Waals surface area (Å²) >= 11 is 1.68. The average Bonchev–Trinajstić information content (AvgIpc) is 2.82. The van der Waals surface area contributed by atoms with Crippen LogP contribution in [0, 0.1) is 0 Å². The normalized spacial score (nSPS) is 19.9. The van der Waals surface area contributed by atoms with Gasteiger partial charge >= 0.3 is 5.97 Å². The minimum absolute atomic E-state index is 0.149. The maximum absolute atomic E-state index is 12.2. The fourth-order valence-corrected chi connectivity index (χ4v) is 3.36. The molecule has 0 aromatic carbocycles. The van der Waals surface area contributed by atoms with Crippen LogP contribution in [0.1, 0.15) is 42.5 Å². The molecule has 0 fully saturated rings. The van der Waals surface area contributed by atoms with Crippen molar-refractivity contribution in [2.24, 2.45) is 0 Å². The molecule has 2 atom stereocenters. The summed E-state index contributed by atoms with van der Waals surface area (Å²) in [5.74, 6) is -1.29. The number of carbonyl (C=O) groups is 2. The van der Waals surface area contributed by atoms with E-state index in [1.54, 1.807) is 18.3 Å². The molecule has 0 spiro atoms. The lowest BCUT2D eigenvalue weighted by molar-refractivity contribution is -0.142. The maximum Gasteiger partial charge on any atom is 0.326 e. The molecule has 1 aromatic rings. The predicted octanol–water partition coefficient (Wildman–Crippen LogP) is 2.15. The number of aliphatic carboxylic acids is 1. The molecule has 2 rings (SSSR count). The summed E-state index contributed by atoms with van der Waals surface area (Å²) in [6.07, 6.45) is 3.25. The van der Waals surface area contributed by atoms with Crippen molar-refractivity contribution in [2.75, 3.05) is 0 Å². The lowest BCUT2D eigenvalue weighted by Gasteiger charge is -2.23. The van der Waals surface area contributed by atoms with Crippen molar-refractivity contribution < 1.29 is 14.7 Å². The van der Waals surface area contributed by atoms with E-state index in [0.717, 1.165) is 24.8 Å². The van der Waals surface area contributed by atoms with Gasteiger partial charge in [-0.05, 0) is 42.7 Å². The van der Waals surface area contributed by atoms with Crippen LogP contribution >= 0.6 is 11.3 Å². The molecule has 0 saturated carbocycles. The van der Waals surface area contributed by atoms with Gasteiger partial charge in [0, 0.05) is 4.88 Å². The summed E-state index contributed by atoms with van der Waals surface area (Å²) in [5, 5.41) is 13.6. The average molecular weight is 267 g/mol. The number of carboxylic acid groups (broad SMARTS) is 1. The minimum atomic E-state index is -0.966. The summed E-state index contributed by atoms with van der Waals surface area (Å²) in [7, 11) is 0. The first-order chi connectivity index (χ1) is 8.63. The molecule has 98 valence electrons. The fraction of sp³-hybridized carbons (Fsp3) is 0.538. The number of fused-ring (bicyclic) bond motifs is 1. The van der Waals surface area contributed by atoms with Crippen molar-refractivity contribution >= 4 is 23.2 Å². The largest absolute Gasteiger partial charge is 0.480 e. The van der Waals surface area contributed by atoms with E-state index in [2.05, 4.69) is 5.32 Å². The first-order valence-electron chi connectivity index (χ1n) is 6.23. The summed E-state index contributed by atoms with van der Waals surface area (Å²) in [6.45, 7) is 1.76. The number of rotatable bonds is 4. The van der Waals surface area contributed by atoms with Crippen molar-refractivity contribution in [2.45, 2.75) is 44.6 Å². The van der Waals surface area contributed by atoms with Crippen molar-refractivity contribution in [1.29, 1.82) is 0 Å². The number of amides is 1. The molecule has 0 bridgehead atoms. The molecule has 2 unspecified atom stereocenters. The van der Waals surface area contributed by atoms with Gasteiger partial charge in [-0.25, -0.2) is 4.79 Å². The van der Waals surface area contributed by atoms with Crippen LogP contribution in [0.15, 0.2) is 11.4 Å². The maximum atomic E-state index is 12.2. The van der Waals surface area contributed by atoms with Gasteiger partial charge in [0.1, 0.15) is 6.04 Å². The van der Waals surface area contributed by atoms with E-state index >= 15 is 0 Å². The van der Waals surface area contributed by atoms with E-state index in [-0.39, 0.29) is 11.8 Å². The highest BCUT2D eigenvalue weighted by Gasteiger charge is 2.29. The molecule has 1 amide bonds. The summed E-state index contributed by atoms with van der Waals surface area (Å²) in [4.78, 5) is 24.4. The number of aryl methyl sites for hydroxylation is 1. The van der Waals surface area contributed by atoms with E-state index in [1.807, 2.05) is 11.4 Å². The molecule has 2 N–H and O–H groups in total. The lowest BCUT2D eigenvalue weighted by atomic mass is 9.87. The molecule has 1 aliphatic carbocycles. The van der Waals surface area contributed by atoms with Crippen LogP contribution in [0.4, 0.5) is 0 Å². The highest BCUT2D eigenvalue weighted by Crippen LogP contribution is 2.35. The van der Waals surface area contributed by atoms with Crippen LogP contribution in [0.3, 0.4) is 0 Å². The third kappa shape index (κ3) is 2.56. The Kier molecular flexibility index (Phi) is 4.01. The van der Waals surface area contributed by atoms with E-state index in [0.29, 0.717) is 6.42 Å². The van der Waals surface area contributed by atoms with E-state index in [4.69, 9.17) is 5.11 Å². The smallest absolute Gasteiger partial charge is 0.326 e. The Bertz CT molecular complexity index is 455. The number of nitrogens with one attached hydrogen (secondary N) is 1. The molecular formula is C13H17NO3S. The fourth-order valence-electron chi connectivity index (χ4n) is 2.37. The van der Waals surface area contributed by atoms with Crippen LogP contribution in [-0.4, -0.2) is 23.0 Å². The quantitative estimate of drug-likeness (QED) is 0.878. The van der Waals surface area contributed by atoms with E-state index < -0.39 is 12.0 Å². The highest BCUT2D eigenvalue weighted by molar-refractivity contribution is 7.10. The molecule has 4 nitrogen and oxygen atoms in total. The van der Waals surface area contributed by atoms with Gasteiger partial charge in [0.25, 0.3) is 0 Å². The second kappa shape index (κ2) is 5.52. The van der Waals surface area contributed by atoms with Gasteiger partial charge in [-0.15, -0.1) is 11.3 Å². The zero-order valence-electron chi connectivity index (χ0n) is 10.3. The SMILES string of the molecule is CCC(NC(=O)C1CCCc2sccc21)C(=O)O. The zero-order chi connectivity index (χ0) is 13.1. The zero-order valence-corrected chi connectivity index (χ0v) is 11.1. The number of thiophene rings is 1. The highest BCUT2D eigenvalue weighted by atomic mass is 32.1. The Morgan fingerprint density at radius 2 is 2.39 bits per heavy atom. The Labute approximate surface area is 110 Å². The Hall–Kier alpha value is -1.36. The molecule has 1 aromatic heterocycles. The molecule has 1 aliphatic rings. The Morgan fingerprint density at radius 3 is 3.06 bits per heavy atom. The number of carbonyl (C=O) groups excluding carboxylic acids is 1. The topological polar surface area (TPSA) is 66.4 Å². The third-order valence-electron chi connectivity index (χ3n) is 3.39. The molecule has 0 radical (unpaired) electrons. The van der Waals surface area contributed by atoms with Gasteiger partial charge < -0.3 is 10.4 Å². The number of hydrogen-bond acceptors (Lipinski definition) is 3. The third-order valence-corrected chi connectivity index (χ3v) is 4.39. The van der Waals surface area contributed by atoms with E-state index in [1.165, 1.54) is 4.88 Å². The number of carboxylic acids is 1. The first kappa shape index (κ1) is 13.1. The second-order valence-electron chi connectivity index (χ2n) is 4.55. The van der Waals surface area contributed by atoms with Gasteiger partial charge in [0.2, 0.25) is 5.91 Å².